The summed E-state index contributed by atoms with van der Waals surface area (Å²) >= 11 is 1.19. The molecule has 3 atom stereocenters. The van der Waals surface area contributed by atoms with Gasteiger partial charge in [-0.15, -0.1) is 11.3 Å². The summed E-state index contributed by atoms with van der Waals surface area (Å²) in [6.07, 6.45) is 0.576. The molecule has 0 saturated carbocycles. The van der Waals surface area contributed by atoms with Crippen molar-refractivity contribution < 1.29 is 37.0 Å². The van der Waals surface area contributed by atoms with Crippen molar-refractivity contribution in [2.45, 2.75) is 43.8 Å². The highest BCUT2D eigenvalue weighted by Gasteiger charge is 2.58. The Morgan fingerprint density at radius 3 is 2.33 bits per heavy atom. The van der Waals surface area contributed by atoms with Gasteiger partial charge in [0.05, 0.1) is 18.8 Å². The van der Waals surface area contributed by atoms with Crippen molar-refractivity contribution in [2.75, 3.05) is 31.9 Å². The molecule has 2 amide bonds. The molecular formula is C39H36F4N6O5S. The van der Waals surface area contributed by atoms with Crippen LogP contribution >= 0.6 is 11.3 Å². The summed E-state index contributed by atoms with van der Waals surface area (Å²) in [4.78, 5) is 52.7. The lowest BCUT2D eigenvalue weighted by molar-refractivity contribution is -0.223. The lowest BCUT2D eigenvalue weighted by Gasteiger charge is -2.46. The zero-order chi connectivity index (χ0) is 39.1. The van der Waals surface area contributed by atoms with Crippen LogP contribution in [0.4, 0.5) is 23.2 Å². The number of nitrogens with zero attached hydrogens (tertiary/aromatic N) is 5. The predicted octanol–water partition coefficient (Wildman–Crippen LogP) is 5.87. The number of anilines is 1. The Labute approximate surface area is 316 Å². The summed E-state index contributed by atoms with van der Waals surface area (Å²) in [6, 6.07) is 19.8. The van der Waals surface area contributed by atoms with Crippen molar-refractivity contribution in [1.29, 1.82) is 0 Å². The van der Waals surface area contributed by atoms with Gasteiger partial charge in [0.15, 0.2) is 5.69 Å². The van der Waals surface area contributed by atoms with E-state index >= 15 is 8.78 Å². The Morgan fingerprint density at radius 2 is 1.65 bits per heavy atom. The van der Waals surface area contributed by atoms with E-state index in [0.717, 1.165) is 33.5 Å². The summed E-state index contributed by atoms with van der Waals surface area (Å²) in [5, 5.41) is 11.9. The standard InChI is InChI=1S/C39H36F4N6O5S/c1-23-32(55-34(46-23)25-7-9-26(40)10-8-25)37(52)47-17-15-29(30(19-47)24-5-3-2-4-6-24)35(50)48-18-16-38(53,39(42,43)21-48)20-49-22-45-33(31(44)36(49)51)54-28-13-11-27(41)12-14-28/h2-14,22,29-30,53H,15-21,44H2,1H3/t29-,30+,38+/m1/s1. The van der Waals surface area contributed by atoms with Crippen LogP contribution in [0.3, 0.4) is 0 Å². The Hall–Kier alpha value is -5.61. The number of hydrogen-bond acceptors (Lipinski definition) is 9. The SMILES string of the molecule is Cc1nc(-c2ccc(F)cc2)sc1C(=O)N1CC[C@@H](C(=O)N2CC[C@](O)(Cn3cnc(Oc4ccc(F)cc4)c(N)c3=O)C(F)(F)C2)[C@H](c2ccccc2)C1. The van der Waals surface area contributed by atoms with Crippen molar-refractivity contribution in [2.24, 2.45) is 5.92 Å². The summed E-state index contributed by atoms with van der Waals surface area (Å²) in [5.74, 6) is -6.99. The Balaban J connectivity index is 1.06. The van der Waals surface area contributed by atoms with Gasteiger partial charge in [-0.1, -0.05) is 30.3 Å². The van der Waals surface area contributed by atoms with Crippen molar-refractivity contribution >= 4 is 28.8 Å². The van der Waals surface area contributed by atoms with E-state index < -0.39 is 65.8 Å². The van der Waals surface area contributed by atoms with Crippen molar-refractivity contribution in [3.05, 3.63) is 123 Å². The van der Waals surface area contributed by atoms with Gasteiger partial charge in [0.25, 0.3) is 17.4 Å². The average molecular weight is 777 g/mol. The minimum Gasteiger partial charge on any atom is -0.437 e. The monoisotopic (exact) mass is 776 g/mol. The van der Waals surface area contributed by atoms with Gasteiger partial charge < -0.3 is 25.4 Å². The first-order chi connectivity index (χ1) is 26.2. The van der Waals surface area contributed by atoms with Crippen LogP contribution in [0.15, 0.2) is 90.0 Å². The van der Waals surface area contributed by atoms with E-state index in [4.69, 9.17) is 10.5 Å². The molecule has 0 spiro atoms. The lowest BCUT2D eigenvalue weighted by Crippen LogP contribution is -2.64. The maximum atomic E-state index is 16.0. The average Bonchev–Trinajstić information content (AvgIpc) is 3.57. The maximum absolute atomic E-state index is 16.0. The summed E-state index contributed by atoms with van der Waals surface area (Å²) in [7, 11) is 0. The summed E-state index contributed by atoms with van der Waals surface area (Å²) in [6.45, 7) is -0.119. The second-order valence-corrected chi connectivity index (χ2v) is 14.8. The van der Waals surface area contributed by atoms with Crippen LogP contribution in [0, 0.1) is 24.5 Å². The molecule has 11 nitrogen and oxygen atoms in total. The minimum atomic E-state index is -3.84. The van der Waals surface area contributed by atoms with E-state index in [2.05, 4.69) is 9.97 Å². The minimum absolute atomic E-state index is 0.138. The molecule has 2 aliphatic heterocycles. The molecule has 0 unspecified atom stereocenters. The molecule has 4 heterocycles. The van der Waals surface area contributed by atoms with Gasteiger partial charge in [0.1, 0.15) is 39.2 Å². The van der Waals surface area contributed by atoms with Crippen LogP contribution < -0.4 is 16.0 Å². The van der Waals surface area contributed by atoms with E-state index in [-0.39, 0.29) is 49.4 Å². The van der Waals surface area contributed by atoms with Crippen LogP contribution in [0.25, 0.3) is 10.6 Å². The van der Waals surface area contributed by atoms with Gasteiger partial charge in [-0.25, -0.2) is 27.5 Å². The molecule has 16 heteroatoms. The highest BCUT2D eigenvalue weighted by atomic mass is 32.1. The second kappa shape index (κ2) is 14.9. The number of thiazole rings is 1. The number of alkyl halides is 2. The molecule has 5 aromatic rings. The smallest absolute Gasteiger partial charge is 0.295 e. The summed E-state index contributed by atoms with van der Waals surface area (Å²) < 4.78 is 64.9. The molecule has 2 aliphatic rings. The van der Waals surface area contributed by atoms with Gasteiger partial charge in [-0.3, -0.25) is 19.0 Å². The quantitative estimate of drug-likeness (QED) is 0.186. The number of hydrogen-bond donors (Lipinski definition) is 2. The van der Waals surface area contributed by atoms with E-state index in [9.17, 15) is 28.3 Å². The van der Waals surface area contributed by atoms with Gasteiger partial charge >= 0.3 is 0 Å². The van der Waals surface area contributed by atoms with Crippen LogP contribution in [-0.4, -0.2) is 79.0 Å². The third-order valence-corrected chi connectivity index (χ3v) is 11.4. The van der Waals surface area contributed by atoms with E-state index in [1.54, 1.807) is 36.1 Å². The predicted molar refractivity (Wildman–Crippen MR) is 196 cm³/mol. The number of amides is 2. The first-order valence-electron chi connectivity index (χ1n) is 17.5. The number of aryl methyl sites for hydroxylation is 1. The fraction of sp³-hybridized carbons (Fsp3) is 0.308. The lowest BCUT2D eigenvalue weighted by atomic mass is 9.78. The van der Waals surface area contributed by atoms with Crippen LogP contribution in [-0.2, 0) is 11.3 Å². The Morgan fingerprint density at radius 1 is 0.982 bits per heavy atom. The van der Waals surface area contributed by atoms with Crippen molar-refractivity contribution in [1.82, 2.24) is 24.3 Å². The van der Waals surface area contributed by atoms with E-state index in [0.29, 0.717) is 21.1 Å². The van der Waals surface area contributed by atoms with Crippen LogP contribution in [0.1, 0.15) is 39.7 Å². The number of aromatic nitrogens is 3. The van der Waals surface area contributed by atoms with Gasteiger partial charge in [-0.05, 0) is 67.4 Å². The molecule has 0 radical (unpaired) electrons. The van der Waals surface area contributed by atoms with Crippen molar-refractivity contribution in [3.63, 3.8) is 0 Å². The molecule has 286 valence electrons. The molecule has 2 fully saturated rings. The number of likely N-dealkylation sites (tertiary alicyclic amines) is 2. The molecule has 0 aliphatic carbocycles. The first kappa shape index (κ1) is 37.7. The molecule has 7 rings (SSSR count). The number of nitrogens with two attached hydrogens (primary N) is 1. The second-order valence-electron chi connectivity index (χ2n) is 13.8. The third kappa shape index (κ3) is 7.56. The zero-order valence-electron chi connectivity index (χ0n) is 29.5. The molecule has 3 aromatic carbocycles. The molecule has 3 N–H and O–H groups in total. The molecule has 2 saturated heterocycles. The summed E-state index contributed by atoms with van der Waals surface area (Å²) in [5.41, 5.74) is 3.72. The Kier molecular flexibility index (Phi) is 10.2. The number of piperidine rings is 2. The highest BCUT2D eigenvalue weighted by Crippen LogP contribution is 2.41. The normalized spacial score (nSPS) is 21.0. The van der Waals surface area contributed by atoms with E-state index in [1.807, 2.05) is 18.2 Å². The third-order valence-electron chi connectivity index (χ3n) is 10.2. The van der Waals surface area contributed by atoms with Gasteiger partial charge in [0, 0.05) is 43.5 Å². The number of rotatable bonds is 8. The number of aliphatic hydroxyl groups is 1. The van der Waals surface area contributed by atoms with Gasteiger partial charge in [0.2, 0.25) is 11.8 Å². The number of benzene rings is 3. The molecule has 0 bridgehead atoms. The molecular weight excluding hydrogens is 741 g/mol. The first-order valence-corrected chi connectivity index (χ1v) is 18.3. The van der Waals surface area contributed by atoms with Gasteiger partial charge in [-0.2, -0.15) is 0 Å². The number of carbonyl (C=O) groups excluding carboxylic acids is 2. The molecule has 55 heavy (non-hydrogen) atoms. The molecule has 2 aromatic heterocycles. The fourth-order valence-corrected chi connectivity index (χ4v) is 8.13. The largest absolute Gasteiger partial charge is 0.437 e. The van der Waals surface area contributed by atoms with Crippen LogP contribution in [0.2, 0.25) is 0 Å². The topological polar surface area (TPSA) is 144 Å². The fourth-order valence-electron chi connectivity index (χ4n) is 7.09. The zero-order valence-corrected chi connectivity index (χ0v) is 30.3. The highest BCUT2D eigenvalue weighted by molar-refractivity contribution is 7.17. The van der Waals surface area contributed by atoms with Crippen molar-refractivity contribution in [3.8, 4) is 22.2 Å². The number of halogens is 4. The Bertz CT molecular complexity index is 2270. The number of carbonyl (C=O) groups is 2. The van der Waals surface area contributed by atoms with E-state index in [1.165, 1.54) is 35.6 Å². The maximum Gasteiger partial charge on any atom is 0.295 e. The number of nitrogen functional groups attached to an aromatic ring is 1. The number of ether oxygens (including phenoxy) is 1. The van der Waals surface area contributed by atoms with Crippen LogP contribution in [0.5, 0.6) is 11.6 Å².